The van der Waals surface area contributed by atoms with Crippen molar-refractivity contribution in [2.45, 2.75) is 0 Å². The normalized spacial score (nSPS) is 16.5. The van der Waals surface area contributed by atoms with E-state index in [1.54, 1.807) is 17.2 Å². The minimum atomic E-state index is -0.0328. The number of nitrogens with one attached hydrogen (secondary N) is 1. The zero-order valence-corrected chi connectivity index (χ0v) is 9.00. The number of rotatable bonds is 1. The number of nitrogens with zero attached hydrogens (tertiary/aromatic N) is 2. The van der Waals surface area contributed by atoms with E-state index in [2.05, 4.69) is 10.3 Å². The zero-order valence-electron chi connectivity index (χ0n) is 8.24. The molecule has 15 heavy (non-hydrogen) atoms. The summed E-state index contributed by atoms with van der Waals surface area (Å²) in [6.07, 6.45) is 3.10. The van der Waals surface area contributed by atoms with Crippen molar-refractivity contribution in [2.75, 3.05) is 26.2 Å². The zero-order chi connectivity index (χ0) is 10.7. The highest BCUT2D eigenvalue weighted by molar-refractivity contribution is 6.33. The summed E-state index contributed by atoms with van der Waals surface area (Å²) in [5.74, 6) is -0.0328. The fraction of sp³-hybridized carbons (Fsp3) is 0.400. The van der Waals surface area contributed by atoms with E-state index in [4.69, 9.17) is 11.6 Å². The predicted octanol–water partition coefficient (Wildman–Crippen LogP) is 0.780. The Labute approximate surface area is 93.2 Å². The van der Waals surface area contributed by atoms with Crippen LogP contribution in [0, 0.1) is 0 Å². The Morgan fingerprint density at radius 1 is 1.47 bits per heavy atom. The molecule has 4 nitrogen and oxygen atoms in total. The molecule has 2 heterocycles. The first kappa shape index (κ1) is 10.4. The molecule has 0 spiro atoms. The molecule has 1 amide bonds. The highest BCUT2D eigenvalue weighted by Gasteiger charge is 2.19. The van der Waals surface area contributed by atoms with Crippen molar-refractivity contribution in [2.24, 2.45) is 0 Å². The molecule has 1 aromatic rings. The van der Waals surface area contributed by atoms with Gasteiger partial charge in [-0.05, 0) is 6.07 Å². The van der Waals surface area contributed by atoms with Crippen LogP contribution in [0.15, 0.2) is 18.5 Å². The third-order valence-electron chi connectivity index (χ3n) is 2.40. The van der Waals surface area contributed by atoms with Gasteiger partial charge in [0.15, 0.2) is 0 Å². The van der Waals surface area contributed by atoms with E-state index < -0.39 is 0 Å². The molecule has 5 heteroatoms. The first-order chi connectivity index (χ1) is 7.29. The predicted molar refractivity (Wildman–Crippen MR) is 58.0 cm³/mol. The number of hydrogen-bond donors (Lipinski definition) is 1. The molecule has 1 saturated heterocycles. The van der Waals surface area contributed by atoms with Gasteiger partial charge in [-0.15, -0.1) is 0 Å². The maximum absolute atomic E-state index is 12.0. The van der Waals surface area contributed by atoms with Crippen molar-refractivity contribution >= 4 is 17.5 Å². The monoisotopic (exact) mass is 225 g/mol. The van der Waals surface area contributed by atoms with Gasteiger partial charge >= 0.3 is 0 Å². The quantitative estimate of drug-likeness (QED) is 0.769. The van der Waals surface area contributed by atoms with Crippen molar-refractivity contribution in [3.05, 3.63) is 29.0 Å². The van der Waals surface area contributed by atoms with Crippen LogP contribution in [0.4, 0.5) is 0 Å². The Morgan fingerprint density at radius 3 is 2.87 bits per heavy atom. The average molecular weight is 226 g/mol. The van der Waals surface area contributed by atoms with Crippen LogP contribution in [0.5, 0.6) is 0 Å². The van der Waals surface area contributed by atoms with E-state index in [1.165, 1.54) is 6.20 Å². The Morgan fingerprint density at radius 2 is 2.20 bits per heavy atom. The van der Waals surface area contributed by atoms with Crippen molar-refractivity contribution in [1.29, 1.82) is 0 Å². The molecule has 0 radical (unpaired) electrons. The van der Waals surface area contributed by atoms with E-state index in [1.807, 2.05) is 0 Å². The summed E-state index contributed by atoms with van der Waals surface area (Å²) in [6.45, 7) is 3.13. The maximum Gasteiger partial charge on any atom is 0.257 e. The lowest BCUT2D eigenvalue weighted by molar-refractivity contribution is 0.0735. The molecule has 1 fully saturated rings. The second kappa shape index (κ2) is 4.59. The Balaban J connectivity index is 2.16. The van der Waals surface area contributed by atoms with Gasteiger partial charge in [-0.25, -0.2) is 0 Å². The van der Waals surface area contributed by atoms with Gasteiger partial charge in [-0.3, -0.25) is 9.78 Å². The molecule has 0 bridgehead atoms. The largest absolute Gasteiger partial charge is 0.336 e. The van der Waals surface area contributed by atoms with Gasteiger partial charge in [0, 0.05) is 38.6 Å². The fourth-order valence-corrected chi connectivity index (χ4v) is 1.76. The Kier molecular flexibility index (Phi) is 3.18. The molecule has 1 aromatic heterocycles. The molecule has 1 aliphatic heterocycles. The van der Waals surface area contributed by atoms with E-state index in [-0.39, 0.29) is 5.91 Å². The van der Waals surface area contributed by atoms with E-state index in [0.717, 1.165) is 26.2 Å². The van der Waals surface area contributed by atoms with Gasteiger partial charge in [0.05, 0.1) is 10.6 Å². The van der Waals surface area contributed by atoms with Gasteiger partial charge in [-0.2, -0.15) is 0 Å². The fourth-order valence-electron chi connectivity index (χ4n) is 1.57. The lowest BCUT2D eigenvalue weighted by Gasteiger charge is -2.27. The van der Waals surface area contributed by atoms with Crippen LogP contribution in [0.1, 0.15) is 10.4 Å². The van der Waals surface area contributed by atoms with E-state index in [9.17, 15) is 4.79 Å². The summed E-state index contributed by atoms with van der Waals surface area (Å²) in [5.41, 5.74) is 0.487. The molecule has 0 aliphatic carbocycles. The summed E-state index contributed by atoms with van der Waals surface area (Å²) in [6, 6.07) is 1.64. The van der Waals surface area contributed by atoms with Crippen LogP contribution in [0.25, 0.3) is 0 Å². The molecule has 80 valence electrons. The molecule has 0 atom stereocenters. The summed E-state index contributed by atoms with van der Waals surface area (Å²) in [4.78, 5) is 17.7. The first-order valence-corrected chi connectivity index (χ1v) is 5.26. The number of carbonyl (C=O) groups is 1. The Bertz CT molecular complexity index is 363. The van der Waals surface area contributed by atoms with E-state index >= 15 is 0 Å². The smallest absolute Gasteiger partial charge is 0.257 e. The molecule has 0 saturated carbocycles. The van der Waals surface area contributed by atoms with Gasteiger partial charge in [-0.1, -0.05) is 11.6 Å². The SMILES string of the molecule is O=C(c1cnccc1Cl)N1CCNCC1. The summed E-state index contributed by atoms with van der Waals surface area (Å²) in [7, 11) is 0. The summed E-state index contributed by atoms with van der Waals surface area (Å²) in [5, 5.41) is 3.66. The number of carbonyl (C=O) groups excluding carboxylic acids is 1. The van der Waals surface area contributed by atoms with Crippen molar-refractivity contribution in [3.63, 3.8) is 0 Å². The van der Waals surface area contributed by atoms with Crippen LogP contribution in [-0.4, -0.2) is 42.0 Å². The van der Waals surface area contributed by atoms with Crippen LogP contribution >= 0.6 is 11.6 Å². The number of piperazine rings is 1. The summed E-state index contributed by atoms with van der Waals surface area (Å²) < 4.78 is 0. The molecule has 1 aliphatic rings. The lowest BCUT2D eigenvalue weighted by Crippen LogP contribution is -2.46. The number of hydrogen-bond acceptors (Lipinski definition) is 3. The molecule has 1 N–H and O–H groups in total. The van der Waals surface area contributed by atoms with Gasteiger partial charge < -0.3 is 10.2 Å². The molecular formula is C10H12ClN3O. The summed E-state index contributed by atoms with van der Waals surface area (Å²) >= 11 is 5.94. The van der Waals surface area contributed by atoms with Gasteiger partial charge in [0.1, 0.15) is 0 Å². The number of amides is 1. The van der Waals surface area contributed by atoms with Crippen molar-refractivity contribution in [3.8, 4) is 0 Å². The number of halogens is 1. The van der Waals surface area contributed by atoms with Crippen LogP contribution in [0.3, 0.4) is 0 Å². The van der Waals surface area contributed by atoms with Crippen molar-refractivity contribution in [1.82, 2.24) is 15.2 Å². The van der Waals surface area contributed by atoms with E-state index in [0.29, 0.717) is 10.6 Å². The lowest BCUT2D eigenvalue weighted by atomic mass is 10.2. The number of aromatic nitrogens is 1. The van der Waals surface area contributed by atoms with Gasteiger partial charge in [0.2, 0.25) is 0 Å². The average Bonchev–Trinajstić information content (AvgIpc) is 2.30. The standard InChI is InChI=1S/C10H12ClN3O/c11-9-1-2-13-7-8(9)10(15)14-5-3-12-4-6-14/h1-2,7,12H,3-6H2. The second-order valence-electron chi connectivity index (χ2n) is 3.40. The maximum atomic E-state index is 12.0. The topological polar surface area (TPSA) is 45.2 Å². The molecule has 0 aromatic carbocycles. The molecular weight excluding hydrogens is 214 g/mol. The minimum Gasteiger partial charge on any atom is -0.336 e. The third-order valence-corrected chi connectivity index (χ3v) is 2.73. The van der Waals surface area contributed by atoms with Crippen LogP contribution in [0.2, 0.25) is 5.02 Å². The number of pyridine rings is 1. The minimum absolute atomic E-state index is 0.0328. The molecule has 2 rings (SSSR count). The second-order valence-corrected chi connectivity index (χ2v) is 3.80. The molecule has 0 unspecified atom stereocenters. The van der Waals surface area contributed by atoms with Crippen LogP contribution < -0.4 is 5.32 Å². The van der Waals surface area contributed by atoms with Gasteiger partial charge in [0.25, 0.3) is 5.91 Å². The highest BCUT2D eigenvalue weighted by atomic mass is 35.5. The van der Waals surface area contributed by atoms with Crippen molar-refractivity contribution < 1.29 is 4.79 Å². The first-order valence-electron chi connectivity index (χ1n) is 4.88. The third kappa shape index (κ3) is 2.27. The highest BCUT2D eigenvalue weighted by Crippen LogP contribution is 2.15. The Hall–Kier alpha value is -1.13. The van der Waals surface area contributed by atoms with Crippen LogP contribution in [-0.2, 0) is 0 Å².